The highest BCUT2D eigenvalue weighted by Crippen LogP contribution is 2.08. The summed E-state index contributed by atoms with van der Waals surface area (Å²) in [5.74, 6) is -0.389. The van der Waals surface area contributed by atoms with Gasteiger partial charge in [-0.05, 0) is 25.1 Å². The molecule has 4 heteroatoms. The average Bonchev–Trinajstić information content (AvgIpc) is 2.42. The molecule has 0 heterocycles. The van der Waals surface area contributed by atoms with E-state index in [0.717, 1.165) is 11.8 Å². The van der Waals surface area contributed by atoms with Crippen molar-refractivity contribution in [3.63, 3.8) is 0 Å². The smallest absolute Gasteiger partial charge is 0.331 e. The maximum atomic E-state index is 11.7. The second-order valence-corrected chi connectivity index (χ2v) is 3.89. The number of carbonyl (C=O) groups is 2. The molecule has 0 bridgehead atoms. The molecule has 0 aromatic heterocycles. The summed E-state index contributed by atoms with van der Waals surface area (Å²) < 4.78 is 5.15. The van der Waals surface area contributed by atoms with Crippen LogP contribution in [0.1, 0.15) is 24.8 Å². The first-order chi connectivity index (χ1) is 8.77. The SMILES string of the molecule is C=NC(CCCC=O)C(=O)OCc1ccccc1. The van der Waals surface area contributed by atoms with E-state index in [9.17, 15) is 9.59 Å². The Kier molecular flexibility index (Phi) is 6.40. The fraction of sp³-hybridized carbons (Fsp3) is 0.357. The third-order valence-electron chi connectivity index (χ3n) is 2.52. The summed E-state index contributed by atoms with van der Waals surface area (Å²) in [6.45, 7) is 3.61. The number of rotatable bonds is 8. The van der Waals surface area contributed by atoms with Gasteiger partial charge in [-0.25, -0.2) is 4.79 Å². The summed E-state index contributed by atoms with van der Waals surface area (Å²) >= 11 is 0. The third kappa shape index (κ3) is 4.91. The van der Waals surface area contributed by atoms with Crippen LogP contribution in [0.3, 0.4) is 0 Å². The number of benzene rings is 1. The van der Waals surface area contributed by atoms with Crippen LogP contribution in [0.2, 0.25) is 0 Å². The lowest BCUT2D eigenvalue weighted by molar-refractivity contribution is -0.146. The molecule has 18 heavy (non-hydrogen) atoms. The molecule has 1 aromatic rings. The lowest BCUT2D eigenvalue weighted by atomic mass is 10.1. The van der Waals surface area contributed by atoms with Gasteiger partial charge in [0.2, 0.25) is 0 Å². The molecule has 0 spiro atoms. The molecule has 1 unspecified atom stereocenters. The standard InChI is InChI=1S/C14H17NO3/c1-15-13(9-5-6-10-16)14(17)18-11-12-7-3-2-4-8-12/h2-4,7-8,10,13H,1,5-6,9,11H2. The molecule has 1 aromatic carbocycles. The molecule has 0 saturated carbocycles. The van der Waals surface area contributed by atoms with Crippen molar-refractivity contribution in [2.45, 2.75) is 31.9 Å². The first-order valence-electron chi connectivity index (χ1n) is 5.88. The highest BCUT2D eigenvalue weighted by Gasteiger charge is 2.17. The first-order valence-corrected chi connectivity index (χ1v) is 5.88. The van der Waals surface area contributed by atoms with E-state index in [1.807, 2.05) is 30.3 Å². The fourth-order valence-corrected chi connectivity index (χ4v) is 1.50. The summed E-state index contributed by atoms with van der Waals surface area (Å²) in [6.07, 6.45) is 2.37. The number of hydrogen-bond acceptors (Lipinski definition) is 4. The minimum Gasteiger partial charge on any atom is -0.459 e. The predicted octanol–water partition coefficient (Wildman–Crippen LogP) is 2.17. The zero-order chi connectivity index (χ0) is 13.2. The fourth-order valence-electron chi connectivity index (χ4n) is 1.50. The summed E-state index contributed by atoms with van der Waals surface area (Å²) in [6, 6.07) is 8.87. The van der Waals surface area contributed by atoms with E-state index < -0.39 is 6.04 Å². The van der Waals surface area contributed by atoms with Crippen LogP contribution in [0.25, 0.3) is 0 Å². The lowest BCUT2D eigenvalue weighted by Crippen LogP contribution is -2.21. The Bertz CT molecular complexity index is 389. The van der Waals surface area contributed by atoms with E-state index in [2.05, 4.69) is 11.7 Å². The monoisotopic (exact) mass is 247 g/mol. The van der Waals surface area contributed by atoms with Crippen molar-refractivity contribution in [2.24, 2.45) is 4.99 Å². The quantitative estimate of drug-likeness (QED) is 0.306. The number of carbonyl (C=O) groups excluding carboxylic acids is 2. The highest BCUT2D eigenvalue weighted by atomic mass is 16.5. The van der Waals surface area contributed by atoms with Crippen LogP contribution in [-0.2, 0) is 20.9 Å². The number of ether oxygens (including phenoxy) is 1. The molecule has 0 saturated heterocycles. The van der Waals surface area contributed by atoms with Gasteiger partial charge in [-0.2, -0.15) is 0 Å². The van der Waals surface area contributed by atoms with Crippen LogP contribution in [-0.4, -0.2) is 25.0 Å². The van der Waals surface area contributed by atoms with Crippen LogP contribution in [0, 0.1) is 0 Å². The minimum absolute atomic E-state index is 0.235. The Morgan fingerprint density at radius 2 is 2.11 bits per heavy atom. The zero-order valence-corrected chi connectivity index (χ0v) is 10.2. The number of hydrogen-bond donors (Lipinski definition) is 0. The summed E-state index contributed by atoms with van der Waals surface area (Å²) in [7, 11) is 0. The van der Waals surface area contributed by atoms with Crippen LogP contribution < -0.4 is 0 Å². The van der Waals surface area contributed by atoms with Crippen LogP contribution >= 0.6 is 0 Å². The van der Waals surface area contributed by atoms with Crippen LogP contribution in [0.4, 0.5) is 0 Å². The first kappa shape index (κ1) is 14.1. The van der Waals surface area contributed by atoms with Gasteiger partial charge in [-0.1, -0.05) is 30.3 Å². The number of aldehydes is 1. The molecule has 0 N–H and O–H groups in total. The van der Waals surface area contributed by atoms with Crippen molar-refractivity contribution < 1.29 is 14.3 Å². The molecule has 1 atom stereocenters. The Balaban J connectivity index is 2.38. The van der Waals surface area contributed by atoms with Crippen molar-refractivity contribution in [1.29, 1.82) is 0 Å². The van der Waals surface area contributed by atoms with Gasteiger partial charge in [0.25, 0.3) is 0 Å². The Labute approximate surface area is 107 Å². The molecular weight excluding hydrogens is 230 g/mol. The predicted molar refractivity (Wildman–Crippen MR) is 69.5 cm³/mol. The molecule has 0 aliphatic carbocycles. The molecule has 0 amide bonds. The van der Waals surface area contributed by atoms with E-state index >= 15 is 0 Å². The van der Waals surface area contributed by atoms with Gasteiger partial charge in [0.15, 0.2) is 0 Å². The van der Waals surface area contributed by atoms with Gasteiger partial charge in [0.1, 0.15) is 18.9 Å². The van der Waals surface area contributed by atoms with Gasteiger partial charge in [-0.15, -0.1) is 0 Å². The van der Waals surface area contributed by atoms with Crippen molar-refractivity contribution in [2.75, 3.05) is 0 Å². The number of esters is 1. The Morgan fingerprint density at radius 1 is 1.39 bits per heavy atom. The second-order valence-electron chi connectivity index (χ2n) is 3.89. The third-order valence-corrected chi connectivity index (χ3v) is 2.52. The van der Waals surface area contributed by atoms with Crippen molar-refractivity contribution in [1.82, 2.24) is 0 Å². The zero-order valence-electron chi connectivity index (χ0n) is 10.2. The number of aliphatic imine (C=N–C) groups is 1. The lowest BCUT2D eigenvalue weighted by Gasteiger charge is -2.11. The second kappa shape index (κ2) is 8.17. The number of nitrogens with zero attached hydrogens (tertiary/aromatic N) is 1. The largest absolute Gasteiger partial charge is 0.459 e. The van der Waals surface area contributed by atoms with Gasteiger partial charge in [0.05, 0.1) is 0 Å². The molecule has 0 aliphatic rings. The van der Waals surface area contributed by atoms with E-state index in [0.29, 0.717) is 19.3 Å². The maximum absolute atomic E-state index is 11.7. The van der Waals surface area contributed by atoms with Crippen molar-refractivity contribution >= 4 is 19.0 Å². The summed E-state index contributed by atoms with van der Waals surface area (Å²) in [4.78, 5) is 25.6. The topological polar surface area (TPSA) is 55.7 Å². The Hall–Kier alpha value is -1.97. The molecule has 96 valence electrons. The van der Waals surface area contributed by atoms with Gasteiger partial charge in [-0.3, -0.25) is 4.99 Å². The normalized spacial score (nSPS) is 11.6. The van der Waals surface area contributed by atoms with Crippen LogP contribution in [0.5, 0.6) is 0 Å². The average molecular weight is 247 g/mol. The highest BCUT2D eigenvalue weighted by molar-refractivity contribution is 5.76. The van der Waals surface area contributed by atoms with Crippen LogP contribution in [0.15, 0.2) is 35.3 Å². The van der Waals surface area contributed by atoms with Crippen molar-refractivity contribution in [3.05, 3.63) is 35.9 Å². The van der Waals surface area contributed by atoms with Gasteiger partial charge in [0, 0.05) is 6.42 Å². The molecular formula is C14H17NO3. The van der Waals surface area contributed by atoms with Gasteiger partial charge >= 0.3 is 5.97 Å². The molecule has 0 radical (unpaired) electrons. The Morgan fingerprint density at radius 3 is 2.72 bits per heavy atom. The summed E-state index contributed by atoms with van der Waals surface area (Å²) in [5.41, 5.74) is 0.932. The molecule has 0 fully saturated rings. The minimum atomic E-state index is -0.575. The van der Waals surface area contributed by atoms with E-state index in [4.69, 9.17) is 4.74 Å². The molecule has 0 aliphatic heterocycles. The van der Waals surface area contributed by atoms with E-state index in [1.54, 1.807) is 0 Å². The van der Waals surface area contributed by atoms with Crippen molar-refractivity contribution in [3.8, 4) is 0 Å². The van der Waals surface area contributed by atoms with Gasteiger partial charge < -0.3 is 9.53 Å². The molecule has 4 nitrogen and oxygen atoms in total. The molecule has 1 rings (SSSR count). The maximum Gasteiger partial charge on any atom is 0.331 e. The summed E-state index contributed by atoms with van der Waals surface area (Å²) in [5, 5.41) is 0. The van der Waals surface area contributed by atoms with E-state index in [-0.39, 0.29) is 12.6 Å². The van der Waals surface area contributed by atoms with E-state index in [1.165, 1.54) is 0 Å². The number of unbranched alkanes of at least 4 members (excludes halogenated alkanes) is 1.